The van der Waals surface area contributed by atoms with Gasteiger partial charge in [0.05, 0.1) is 6.04 Å². The molecule has 0 spiro atoms. The number of pyridine rings is 1. The second-order valence-corrected chi connectivity index (χ2v) is 7.83. The maximum Gasteiger partial charge on any atom is 0.240 e. The van der Waals surface area contributed by atoms with Gasteiger partial charge in [0.15, 0.2) is 11.5 Å². The van der Waals surface area contributed by atoms with Crippen molar-refractivity contribution in [3.8, 4) is 0 Å². The lowest BCUT2D eigenvalue weighted by Crippen LogP contribution is -2.33. The molecule has 0 saturated heterocycles. The molecule has 3 heterocycles. The first-order valence-electron chi connectivity index (χ1n) is 9.30. The summed E-state index contributed by atoms with van der Waals surface area (Å²) in [6.07, 6.45) is 6.77. The van der Waals surface area contributed by atoms with E-state index in [-0.39, 0.29) is 18.5 Å². The summed E-state index contributed by atoms with van der Waals surface area (Å²) in [5.74, 6) is 1.67. The highest BCUT2D eigenvalue weighted by molar-refractivity contribution is 7.98. The molecule has 0 aliphatic heterocycles. The van der Waals surface area contributed by atoms with Gasteiger partial charge >= 0.3 is 0 Å². The first-order chi connectivity index (χ1) is 13.7. The van der Waals surface area contributed by atoms with Gasteiger partial charge in [-0.2, -0.15) is 11.8 Å². The Balaban J connectivity index is 1.56. The number of fused-ring (bicyclic) bond motifs is 2. The van der Waals surface area contributed by atoms with Crippen molar-refractivity contribution >= 4 is 34.2 Å². The Morgan fingerprint density at radius 2 is 2.04 bits per heavy atom. The molecule has 0 aliphatic carbocycles. The minimum Gasteiger partial charge on any atom is -0.344 e. The number of rotatable bonds is 7. The lowest BCUT2D eigenvalue weighted by molar-refractivity contribution is -0.122. The fourth-order valence-corrected chi connectivity index (χ4v) is 3.98. The SMILES string of the molecule is CSCC[C@H](NC(=O)Cn1ccc2c(C)cccc21)c1nnc2ccccn12. The van der Waals surface area contributed by atoms with E-state index < -0.39 is 0 Å². The van der Waals surface area contributed by atoms with Crippen LogP contribution in [0.1, 0.15) is 23.9 Å². The molecule has 4 rings (SSSR count). The van der Waals surface area contributed by atoms with E-state index in [0.717, 1.165) is 29.2 Å². The molecule has 7 heteroatoms. The second kappa shape index (κ2) is 8.06. The predicted molar refractivity (Wildman–Crippen MR) is 114 cm³/mol. The maximum atomic E-state index is 12.8. The lowest BCUT2D eigenvalue weighted by atomic mass is 10.1. The molecule has 144 valence electrons. The molecule has 0 aliphatic rings. The number of nitrogens with one attached hydrogen (secondary N) is 1. The third kappa shape index (κ3) is 3.62. The van der Waals surface area contributed by atoms with Gasteiger partial charge in [0, 0.05) is 23.3 Å². The minimum atomic E-state index is -0.180. The molecule has 28 heavy (non-hydrogen) atoms. The lowest BCUT2D eigenvalue weighted by Gasteiger charge is -2.17. The zero-order valence-electron chi connectivity index (χ0n) is 16.0. The molecule has 1 N–H and O–H groups in total. The van der Waals surface area contributed by atoms with Gasteiger partial charge in [-0.1, -0.05) is 18.2 Å². The van der Waals surface area contributed by atoms with Gasteiger partial charge in [0.1, 0.15) is 6.54 Å². The molecule has 4 aromatic rings. The van der Waals surface area contributed by atoms with Crippen molar-refractivity contribution in [2.45, 2.75) is 25.9 Å². The fraction of sp³-hybridized carbons (Fsp3) is 0.286. The van der Waals surface area contributed by atoms with E-state index in [1.807, 2.05) is 51.7 Å². The molecule has 1 aromatic carbocycles. The Morgan fingerprint density at radius 3 is 2.89 bits per heavy atom. The topological polar surface area (TPSA) is 64.2 Å². The average molecular weight is 394 g/mol. The number of amides is 1. The molecule has 6 nitrogen and oxygen atoms in total. The van der Waals surface area contributed by atoms with Crippen molar-refractivity contribution in [2.24, 2.45) is 0 Å². The largest absolute Gasteiger partial charge is 0.344 e. The average Bonchev–Trinajstić information content (AvgIpc) is 3.30. The van der Waals surface area contributed by atoms with Crippen molar-refractivity contribution in [3.05, 3.63) is 66.2 Å². The number of carbonyl (C=O) groups is 1. The van der Waals surface area contributed by atoms with Gasteiger partial charge < -0.3 is 9.88 Å². The van der Waals surface area contributed by atoms with Crippen molar-refractivity contribution < 1.29 is 4.79 Å². The van der Waals surface area contributed by atoms with Crippen LogP contribution in [0.4, 0.5) is 0 Å². The van der Waals surface area contributed by atoms with E-state index in [1.165, 1.54) is 10.9 Å². The maximum absolute atomic E-state index is 12.8. The molecule has 0 radical (unpaired) electrons. The zero-order chi connectivity index (χ0) is 19.5. The van der Waals surface area contributed by atoms with Crippen LogP contribution in [0, 0.1) is 6.92 Å². The number of nitrogens with zero attached hydrogens (tertiary/aromatic N) is 4. The number of benzene rings is 1. The summed E-state index contributed by atoms with van der Waals surface area (Å²) in [6.45, 7) is 2.36. The summed E-state index contributed by atoms with van der Waals surface area (Å²) in [7, 11) is 0. The highest BCUT2D eigenvalue weighted by Crippen LogP contribution is 2.21. The second-order valence-electron chi connectivity index (χ2n) is 6.84. The van der Waals surface area contributed by atoms with E-state index in [0.29, 0.717) is 0 Å². The van der Waals surface area contributed by atoms with E-state index >= 15 is 0 Å². The Kier molecular flexibility index (Phi) is 5.34. The van der Waals surface area contributed by atoms with Crippen LogP contribution in [0.5, 0.6) is 0 Å². The first-order valence-corrected chi connectivity index (χ1v) is 10.7. The number of aryl methyl sites for hydroxylation is 1. The van der Waals surface area contributed by atoms with E-state index in [9.17, 15) is 4.79 Å². The van der Waals surface area contributed by atoms with E-state index in [2.05, 4.69) is 40.8 Å². The molecule has 0 unspecified atom stereocenters. The monoisotopic (exact) mass is 393 g/mol. The van der Waals surface area contributed by atoms with Crippen LogP contribution >= 0.6 is 11.8 Å². The van der Waals surface area contributed by atoms with E-state index in [4.69, 9.17) is 0 Å². The molecule has 1 amide bonds. The van der Waals surface area contributed by atoms with Crippen molar-refractivity contribution in [3.63, 3.8) is 0 Å². The molecule has 0 bridgehead atoms. The highest BCUT2D eigenvalue weighted by Gasteiger charge is 2.20. The quantitative estimate of drug-likeness (QED) is 0.521. The van der Waals surface area contributed by atoms with Crippen LogP contribution in [0.2, 0.25) is 0 Å². The van der Waals surface area contributed by atoms with Gasteiger partial charge in [0.25, 0.3) is 0 Å². The summed E-state index contributed by atoms with van der Waals surface area (Å²) in [5.41, 5.74) is 3.07. The third-order valence-corrected chi connectivity index (χ3v) is 5.59. The molecule has 3 aromatic heterocycles. The summed E-state index contributed by atoms with van der Waals surface area (Å²) < 4.78 is 3.94. The standard InChI is InChI=1S/C21H23N5OS/c1-15-6-5-7-18-16(15)9-12-25(18)14-20(27)22-17(10-13-28-2)21-24-23-19-8-3-4-11-26(19)21/h3-9,11-12,17H,10,13-14H2,1-2H3,(H,22,27)/t17-/m0/s1. The Labute approximate surface area is 168 Å². The summed E-state index contributed by atoms with van der Waals surface area (Å²) >= 11 is 1.75. The Hall–Kier alpha value is -2.80. The van der Waals surface area contributed by atoms with E-state index in [1.54, 1.807) is 11.8 Å². The van der Waals surface area contributed by atoms with Gasteiger partial charge in [-0.3, -0.25) is 9.20 Å². The highest BCUT2D eigenvalue weighted by atomic mass is 32.2. The number of thioether (sulfide) groups is 1. The van der Waals surface area contributed by atoms with Crippen LogP contribution in [0.3, 0.4) is 0 Å². The molecule has 0 saturated carbocycles. The normalized spacial score (nSPS) is 12.5. The number of hydrogen-bond donors (Lipinski definition) is 1. The van der Waals surface area contributed by atoms with Crippen molar-refractivity contribution in [2.75, 3.05) is 12.0 Å². The molecular weight excluding hydrogens is 370 g/mol. The Morgan fingerprint density at radius 1 is 1.14 bits per heavy atom. The molecule has 0 fully saturated rings. The van der Waals surface area contributed by atoms with Gasteiger partial charge in [-0.05, 0) is 55.2 Å². The van der Waals surface area contributed by atoms with Crippen LogP contribution < -0.4 is 5.32 Å². The third-order valence-electron chi connectivity index (χ3n) is 4.94. The van der Waals surface area contributed by atoms with Crippen molar-refractivity contribution in [1.29, 1.82) is 0 Å². The molecule has 1 atom stereocenters. The summed E-state index contributed by atoms with van der Waals surface area (Å²) in [5, 5.41) is 12.9. The molecular formula is C21H23N5OS. The van der Waals surface area contributed by atoms with Crippen LogP contribution in [-0.2, 0) is 11.3 Å². The Bertz CT molecular complexity index is 1120. The smallest absolute Gasteiger partial charge is 0.240 e. The van der Waals surface area contributed by atoms with Crippen molar-refractivity contribution in [1.82, 2.24) is 24.5 Å². The first kappa shape index (κ1) is 18.6. The van der Waals surface area contributed by atoms with Gasteiger partial charge in [0.2, 0.25) is 5.91 Å². The van der Waals surface area contributed by atoms with Crippen LogP contribution in [0.15, 0.2) is 54.9 Å². The van der Waals surface area contributed by atoms with Crippen LogP contribution in [0.25, 0.3) is 16.6 Å². The zero-order valence-corrected chi connectivity index (χ0v) is 16.8. The minimum absolute atomic E-state index is 0.0298. The van der Waals surface area contributed by atoms with Crippen LogP contribution in [-0.4, -0.2) is 37.1 Å². The summed E-state index contributed by atoms with van der Waals surface area (Å²) in [6, 6.07) is 13.8. The number of hydrogen-bond acceptors (Lipinski definition) is 4. The predicted octanol–water partition coefficient (Wildman–Crippen LogP) is 3.60. The summed E-state index contributed by atoms with van der Waals surface area (Å²) in [4.78, 5) is 12.8. The number of carbonyl (C=O) groups excluding carboxylic acids is 1. The van der Waals surface area contributed by atoms with Gasteiger partial charge in [-0.25, -0.2) is 0 Å². The number of aromatic nitrogens is 4. The van der Waals surface area contributed by atoms with Gasteiger partial charge in [-0.15, -0.1) is 10.2 Å². The fourth-order valence-electron chi connectivity index (χ4n) is 3.51.